The zero-order chi connectivity index (χ0) is 12.3. The van der Waals surface area contributed by atoms with E-state index >= 15 is 0 Å². The van der Waals surface area contributed by atoms with Crippen LogP contribution in [-0.4, -0.2) is 40.5 Å². The molecule has 16 heavy (non-hydrogen) atoms. The van der Waals surface area contributed by atoms with Crippen molar-refractivity contribution in [2.75, 3.05) is 6.54 Å². The van der Waals surface area contributed by atoms with Gasteiger partial charge in [0.2, 0.25) is 5.91 Å². The normalized spacial score (nSPS) is 26.2. The van der Waals surface area contributed by atoms with Crippen LogP contribution in [0.15, 0.2) is 0 Å². The van der Waals surface area contributed by atoms with Gasteiger partial charge in [0.1, 0.15) is 6.04 Å². The average Bonchev–Trinajstić information content (AvgIpc) is 2.59. The number of nitrogens with zero attached hydrogens (tertiary/aromatic N) is 1. The van der Waals surface area contributed by atoms with Crippen LogP contribution in [0.5, 0.6) is 0 Å². The average molecular weight is 224 g/mol. The molecule has 0 aromatic heterocycles. The van der Waals surface area contributed by atoms with Crippen molar-refractivity contribution in [3.63, 3.8) is 0 Å². The highest BCUT2D eigenvalue weighted by molar-refractivity contribution is 5.87. The van der Waals surface area contributed by atoms with Crippen molar-refractivity contribution < 1.29 is 14.7 Å². The van der Waals surface area contributed by atoms with Gasteiger partial charge in [0.15, 0.2) is 0 Å². The van der Waals surface area contributed by atoms with Crippen molar-refractivity contribution in [3.8, 4) is 12.3 Å². The second-order valence-electron chi connectivity index (χ2n) is 4.10. The van der Waals surface area contributed by atoms with E-state index in [0.29, 0.717) is 13.0 Å². The van der Waals surface area contributed by atoms with Crippen LogP contribution in [0.3, 0.4) is 0 Å². The Balaban J connectivity index is 2.76. The molecule has 1 aliphatic rings. The summed E-state index contributed by atoms with van der Waals surface area (Å²) in [5.41, 5.74) is 5.59. The van der Waals surface area contributed by atoms with Crippen molar-refractivity contribution in [3.05, 3.63) is 0 Å². The molecule has 1 fully saturated rings. The molecular weight excluding hydrogens is 208 g/mol. The summed E-state index contributed by atoms with van der Waals surface area (Å²) in [4.78, 5) is 24.2. The summed E-state index contributed by atoms with van der Waals surface area (Å²) in [5, 5.41) is 9.04. The van der Waals surface area contributed by atoms with Crippen molar-refractivity contribution in [1.82, 2.24) is 4.90 Å². The molecule has 3 N–H and O–H groups in total. The van der Waals surface area contributed by atoms with E-state index in [2.05, 4.69) is 5.92 Å². The molecule has 0 spiro atoms. The number of carboxylic acid groups (broad SMARTS) is 1. The third-order valence-electron chi connectivity index (χ3n) is 2.89. The lowest BCUT2D eigenvalue weighted by molar-refractivity contribution is -0.149. The molecule has 0 aliphatic carbocycles. The SMILES string of the molecule is C#CCC(N)C(=O)N1CCC(C)C1C(=O)O. The van der Waals surface area contributed by atoms with E-state index in [-0.39, 0.29) is 18.2 Å². The van der Waals surface area contributed by atoms with Crippen LogP contribution in [-0.2, 0) is 9.59 Å². The van der Waals surface area contributed by atoms with Crippen LogP contribution in [0.4, 0.5) is 0 Å². The minimum Gasteiger partial charge on any atom is -0.480 e. The molecule has 88 valence electrons. The molecule has 3 unspecified atom stereocenters. The fourth-order valence-electron chi connectivity index (χ4n) is 2.00. The number of hydrogen-bond acceptors (Lipinski definition) is 3. The topological polar surface area (TPSA) is 83.6 Å². The molecule has 0 bridgehead atoms. The lowest BCUT2D eigenvalue weighted by Gasteiger charge is -2.25. The predicted octanol–water partition coefficient (Wildman–Crippen LogP) is -0.341. The molecule has 1 rings (SSSR count). The standard InChI is InChI=1S/C11H16N2O3/c1-3-4-8(12)10(14)13-6-5-7(2)9(13)11(15)16/h1,7-9H,4-6,12H2,2H3,(H,15,16). The Morgan fingerprint density at radius 3 is 2.81 bits per heavy atom. The Hall–Kier alpha value is -1.54. The number of nitrogens with two attached hydrogens (primary N) is 1. The third-order valence-corrected chi connectivity index (χ3v) is 2.89. The predicted molar refractivity (Wildman–Crippen MR) is 58.3 cm³/mol. The van der Waals surface area contributed by atoms with Gasteiger partial charge in [0.25, 0.3) is 0 Å². The van der Waals surface area contributed by atoms with E-state index in [9.17, 15) is 9.59 Å². The Morgan fingerprint density at radius 1 is 1.69 bits per heavy atom. The van der Waals surface area contributed by atoms with E-state index in [1.54, 1.807) is 0 Å². The number of carboxylic acids is 1. The Kier molecular flexibility index (Phi) is 3.91. The van der Waals surface area contributed by atoms with Crippen LogP contribution in [0.25, 0.3) is 0 Å². The van der Waals surface area contributed by atoms with E-state index < -0.39 is 18.1 Å². The monoisotopic (exact) mass is 224 g/mol. The van der Waals surface area contributed by atoms with Crippen LogP contribution >= 0.6 is 0 Å². The van der Waals surface area contributed by atoms with Gasteiger partial charge in [0.05, 0.1) is 6.04 Å². The summed E-state index contributed by atoms with van der Waals surface area (Å²) in [6.45, 7) is 2.26. The molecule has 5 nitrogen and oxygen atoms in total. The lowest BCUT2D eigenvalue weighted by atomic mass is 10.0. The summed E-state index contributed by atoms with van der Waals surface area (Å²) in [7, 11) is 0. The highest BCUT2D eigenvalue weighted by Crippen LogP contribution is 2.24. The highest BCUT2D eigenvalue weighted by Gasteiger charge is 2.40. The van der Waals surface area contributed by atoms with Gasteiger partial charge < -0.3 is 15.7 Å². The number of rotatable bonds is 3. The number of aliphatic carboxylic acids is 1. The second-order valence-corrected chi connectivity index (χ2v) is 4.10. The second kappa shape index (κ2) is 4.99. The Labute approximate surface area is 94.6 Å². The van der Waals surface area contributed by atoms with E-state index in [1.807, 2.05) is 6.92 Å². The number of likely N-dealkylation sites (tertiary alicyclic amines) is 1. The van der Waals surface area contributed by atoms with Crippen molar-refractivity contribution in [1.29, 1.82) is 0 Å². The van der Waals surface area contributed by atoms with Gasteiger partial charge in [0, 0.05) is 13.0 Å². The molecule has 3 atom stereocenters. The number of terminal acetylenes is 1. The summed E-state index contributed by atoms with van der Waals surface area (Å²) in [5.74, 6) is 0.919. The van der Waals surface area contributed by atoms with Gasteiger partial charge >= 0.3 is 5.97 Å². The van der Waals surface area contributed by atoms with Crippen LogP contribution in [0.1, 0.15) is 19.8 Å². The van der Waals surface area contributed by atoms with Gasteiger partial charge in [-0.05, 0) is 12.3 Å². The lowest BCUT2D eigenvalue weighted by Crippen LogP contribution is -2.49. The molecule has 1 heterocycles. The first-order chi connectivity index (χ1) is 7.49. The Morgan fingerprint density at radius 2 is 2.31 bits per heavy atom. The molecule has 0 radical (unpaired) electrons. The fourth-order valence-corrected chi connectivity index (χ4v) is 2.00. The summed E-state index contributed by atoms with van der Waals surface area (Å²) < 4.78 is 0. The van der Waals surface area contributed by atoms with Gasteiger partial charge in [-0.25, -0.2) is 4.79 Å². The van der Waals surface area contributed by atoms with Crippen molar-refractivity contribution >= 4 is 11.9 Å². The molecular formula is C11H16N2O3. The van der Waals surface area contributed by atoms with Crippen LogP contribution < -0.4 is 5.73 Å². The van der Waals surface area contributed by atoms with Crippen LogP contribution in [0, 0.1) is 18.3 Å². The number of carbonyl (C=O) groups excluding carboxylic acids is 1. The zero-order valence-electron chi connectivity index (χ0n) is 9.22. The highest BCUT2D eigenvalue weighted by atomic mass is 16.4. The van der Waals surface area contributed by atoms with Crippen LogP contribution in [0.2, 0.25) is 0 Å². The molecule has 1 amide bonds. The maximum Gasteiger partial charge on any atom is 0.326 e. The molecule has 0 aromatic carbocycles. The maximum absolute atomic E-state index is 11.8. The fraction of sp³-hybridized carbons (Fsp3) is 0.636. The Bertz CT molecular complexity index is 335. The van der Waals surface area contributed by atoms with Gasteiger partial charge in [-0.1, -0.05) is 6.92 Å². The molecule has 0 saturated carbocycles. The third kappa shape index (κ3) is 2.34. The van der Waals surface area contributed by atoms with Crippen molar-refractivity contribution in [2.24, 2.45) is 11.7 Å². The van der Waals surface area contributed by atoms with Crippen molar-refractivity contribution in [2.45, 2.75) is 31.8 Å². The number of amides is 1. The number of hydrogen-bond donors (Lipinski definition) is 2. The van der Waals surface area contributed by atoms with E-state index in [4.69, 9.17) is 17.3 Å². The van der Waals surface area contributed by atoms with E-state index in [0.717, 1.165) is 0 Å². The summed E-state index contributed by atoms with van der Waals surface area (Å²) in [6, 6.07) is -1.56. The smallest absolute Gasteiger partial charge is 0.326 e. The van der Waals surface area contributed by atoms with Gasteiger partial charge in [-0.3, -0.25) is 4.79 Å². The van der Waals surface area contributed by atoms with Gasteiger partial charge in [-0.2, -0.15) is 0 Å². The number of carbonyl (C=O) groups is 2. The molecule has 1 saturated heterocycles. The first-order valence-corrected chi connectivity index (χ1v) is 5.21. The van der Waals surface area contributed by atoms with Gasteiger partial charge in [-0.15, -0.1) is 12.3 Å². The first kappa shape index (κ1) is 12.5. The first-order valence-electron chi connectivity index (χ1n) is 5.21. The maximum atomic E-state index is 11.8. The minimum absolute atomic E-state index is 0.0421. The summed E-state index contributed by atoms with van der Waals surface area (Å²) >= 11 is 0. The summed E-state index contributed by atoms with van der Waals surface area (Å²) in [6.07, 6.45) is 5.89. The zero-order valence-corrected chi connectivity index (χ0v) is 9.22. The molecule has 1 aliphatic heterocycles. The largest absolute Gasteiger partial charge is 0.480 e. The molecule has 0 aromatic rings. The molecule has 5 heteroatoms. The van der Waals surface area contributed by atoms with E-state index in [1.165, 1.54) is 4.90 Å². The minimum atomic E-state index is -0.980. The quantitative estimate of drug-likeness (QED) is 0.642.